The van der Waals surface area contributed by atoms with E-state index in [0.29, 0.717) is 11.3 Å². The molecule has 1 aromatic rings. The lowest BCUT2D eigenvalue weighted by atomic mass is 10.1. The van der Waals surface area contributed by atoms with Gasteiger partial charge < -0.3 is 14.2 Å². The van der Waals surface area contributed by atoms with Gasteiger partial charge in [-0.15, -0.1) is 0 Å². The number of methoxy groups -OCH3 is 2. The Balaban J connectivity index is 2.97. The fourth-order valence-electron chi connectivity index (χ4n) is 1.50. The van der Waals surface area contributed by atoms with Crippen LogP contribution in [-0.4, -0.2) is 32.8 Å². The zero-order valence-corrected chi connectivity index (χ0v) is 12.7. The predicted molar refractivity (Wildman–Crippen MR) is 78.8 cm³/mol. The fourth-order valence-corrected chi connectivity index (χ4v) is 1.50. The highest BCUT2D eigenvalue weighted by Gasteiger charge is 2.21. The number of carbonyl (C=O) groups excluding carboxylic acids is 2. The van der Waals surface area contributed by atoms with Crippen LogP contribution >= 0.6 is 0 Å². The van der Waals surface area contributed by atoms with Crippen LogP contribution in [0, 0.1) is 5.92 Å². The summed E-state index contributed by atoms with van der Waals surface area (Å²) in [7, 11) is 2.79. The van der Waals surface area contributed by atoms with Crippen molar-refractivity contribution in [1.29, 1.82) is 0 Å². The normalized spacial score (nSPS) is 11.2. The lowest BCUT2D eigenvalue weighted by molar-refractivity contribution is -0.146. The minimum Gasteiger partial charge on any atom is -0.497 e. The smallest absolute Gasteiger partial charge is 0.345 e. The van der Waals surface area contributed by atoms with Gasteiger partial charge >= 0.3 is 11.9 Å². The molecule has 0 spiro atoms. The maximum atomic E-state index is 12.0. The van der Waals surface area contributed by atoms with Crippen molar-refractivity contribution in [2.24, 2.45) is 5.92 Å². The number of esters is 2. The van der Waals surface area contributed by atoms with Crippen LogP contribution in [0.25, 0.3) is 6.08 Å². The standard InChI is InChI=1S/C16H20O5/c1-11(2)10-21-16(18)14(15(17)20-4)9-12-5-7-13(19-3)8-6-12/h5-9,11H,10H2,1-4H3/b14-9+. The Morgan fingerprint density at radius 3 is 2.19 bits per heavy atom. The van der Waals surface area contributed by atoms with Crippen LogP contribution in [0.2, 0.25) is 0 Å². The Morgan fingerprint density at radius 1 is 1.10 bits per heavy atom. The van der Waals surface area contributed by atoms with Crippen molar-refractivity contribution in [3.05, 3.63) is 35.4 Å². The Hall–Kier alpha value is -2.30. The van der Waals surface area contributed by atoms with Crippen LogP contribution in [0.1, 0.15) is 19.4 Å². The second-order valence-corrected chi connectivity index (χ2v) is 4.82. The van der Waals surface area contributed by atoms with E-state index in [1.54, 1.807) is 31.4 Å². The van der Waals surface area contributed by atoms with Gasteiger partial charge in [0, 0.05) is 0 Å². The van der Waals surface area contributed by atoms with Crippen molar-refractivity contribution in [3.63, 3.8) is 0 Å². The van der Waals surface area contributed by atoms with Gasteiger partial charge in [-0.1, -0.05) is 26.0 Å². The molecule has 5 nitrogen and oxygen atoms in total. The molecule has 0 atom stereocenters. The summed E-state index contributed by atoms with van der Waals surface area (Å²) in [4.78, 5) is 23.7. The van der Waals surface area contributed by atoms with Gasteiger partial charge in [0.05, 0.1) is 20.8 Å². The first kappa shape index (κ1) is 16.8. The largest absolute Gasteiger partial charge is 0.497 e. The van der Waals surface area contributed by atoms with Crippen molar-refractivity contribution >= 4 is 18.0 Å². The van der Waals surface area contributed by atoms with Gasteiger partial charge in [0.2, 0.25) is 0 Å². The minimum atomic E-state index is -0.723. The van der Waals surface area contributed by atoms with E-state index in [-0.39, 0.29) is 18.1 Å². The van der Waals surface area contributed by atoms with Gasteiger partial charge in [-0.05, 0) is 29.7 Å². The molecule has 114 valence electrons. The molecule has 0 aromatic heterocycles. The summed E-state index contributed by atoms with van der Waals surface area (Å²) in [6.45, 7) is 4.08. The molecule has 0 radical (unpaired) electrons. The Bertz CT molecular complexity index is 514. The van der Waals surface area contributed by atoms with Crippen molar-refractivity contribution in [1.82, 2.24) is 0 Å². The maximum absolute atomic E-state index is 12.0. The second kappa shape index (κ2) is 8.09. The SMILES string of the molecule is COC(=O)/C(=C\c1ccc(OC)cc1)C(=O)OCC(C)C. The highest BCUT2D eigenvalue weighted by molar-refractivity contribution is 6.17. The zero-order valence-electron chi connectivity index (χ0n) is 12.7. The lowest BCUT2D eigenvalue weighted by Crippen LogP contribution is -2.19. The van der Waals surface area contributed by atoms with Crippen LogP contribution in [0.4, 0.5) is 0 Å². The minimum absolute atomic E-state index is 0.136. The van der Waals surface area contributed by atoms with E-state index in [2.05, 4.69) is 4.74 Å². The molecule has 0 unspecified atom stereocenters. The van der Waals surface area contributed by atoms with E-state index in [0.717, 1.165) is 0 Å². The van der Waals surface area contributed by atoms with Crippen LogP contribution in [0.15, 0.2) is 29.8 Å². The van der Waals surface area contributed by atoms with E-state index in [4.69, 9.17) is 9.47 Å². The summed E-state index contributed by atoms with van der Waals surface area (Å²) in [6.07, 6.45) is 1.44. The second-order valence-electron chi connectivity index (χ2n) is 4.82. The average molecular weight is 292 g/mol. The molecule has 0 aliphatic carbocycles. The van der Waals surface area contributed by atoms with Crippen LogP contribution < -0.4 is 4.74 Å². The highest BCUT2D eigenvalue weighted by Crippen LogP contribution is 2.15. The Kier molecular flexibility index (Phi) is 6.46. The van der Waals surface area contributed by atoms with Crippen molar-refractivity contribution in [2.75, 3.05) is 20.8 Å². The molecule has 0 saturated carbocycles. The summed E-state index contributed by atoms with van der Waals surface area (Å²) < 4.78 is 14.7. The van der Waals surface area contributed by atoms with E-state index < -0.39 is 11.9 Å². The number of hydrogen-bond acceptors (Lipinski definition) is 5. The van der Waals surface area contributed by atoms with Gasteiger partial charge in [-0.25, -0.2) is 9.59 Å². The summed E-state index contributed by atoms with van der Waals surface area (Å²) in [5, 5.41) is 0. The van der Waals surface area contributed by atoms with Gasteiger partial charge in [0.25, 0.3) is 0 Å². The molecule has 0 fully saturated rings. The molecule has 1 aromatic carbocycles. The molecular formula is C16H20O5. The third-order valence-electron chi connectivity index (χ3n) is 2.60. The monoisotopic (exact) mass is 292 g/mol. The van der Waals surface area contributed by atoms with Crippen molar-refractivity contribution < 1.29 is 23.8 Å². The fraction of sp³-hybridized carbons (Fsp3) is 0.375. The molecule has 0 aliphatic rings. The first-order chi connectivity index (χ1) is 9.97. The third-order valence-corrected chi connectivity index (χ3v) is 2.60. The number of ether oxygens (including phenoxy) is 3. The number of hydrogen-bond donors (Lipinski definition) is 0. The molecular weight excluding hydrogens is 272 g/mol. The number of benzene rings is 1. The van der Waals surface area contributed by atoms with E-state index in [1.165, 1.54) is 13.2 Å². The molecule has 0 heterocycles. The van der Waals surface area contributed by atoms with Gasteiger partial charge in [0.1, 0.15) is 11.3 Å². The first-order valence-electron chi connectivity index (χ1n) is 6.59. The van der Waals surface area contributed by atoms with Crippen LogP contribution in [0.3, 0.4) is 0 Å². The topological polar surface area (TPSA) is 61.8 Å². The Labute approximate surface area is 124 Å². The lowest BCUT2D eigenvalue weighted by Gasteiger charge is -2.09. The number of carbonyl (C=O) groups is 2. The molecule has 1 rings (SSSR count). The molecule has 0 N–H and O–H groups in total. The summed E-state index contributed by atoms with van der Waals surface area (Å²) in [5.41, 5.74) is 0.543. The van der Waals surface area contributed by atoms with Crippen LogP contribution in [0.5, 0.6) is 5.75 Å². The summed E-state index contributed by atoms with van der Waals surface area (Å²) in [5.74, 6) is -0.533. The quantitative estimate of drug-likeness (QED) is 0.349. The van der Waals surface area contributed by atoms with Crippen LogP contribution in [-0.2, 0) is 19.1 Å². The molecule has 0 saturated heterocycles. The Morgan fingerprint density at radius 2 is 1.71 bits per heavy atom. The maximum Gasteiger partial charge on any atom is 0.345 e. The van der Waals surface area contributed by atoms with Crippen molar-refractivity contribution in [2.45, 2.75) is 13.8 Å². The molecule has 0 amide bonds. The summed E-state index contributed by atoms with van der Waals surface area (Å²) >= 11 is 0. The highest BCUT2D eigenvalue weighted by atomic mass is 16.5. The molecule has 21 heavy (non-hydrogen) atoms. The first-order valence-corrected chi connectivity index (χ1v) is 6.59. The summed E-state index contributed by atoms with van der Waals surface area (Å²) in [6, 6.07) is 6.94. The van der Waals surface area contributed by atoms with Gasteiger partial charge in [-0.2, -0.15) is 0 Å². The molecule has 0 bridgehead atoms. The average Bonchev–Trinajstić information content (AvgIpc) is 2.50. The van der Waals surface area contributed by atoms with E-state index >= 15 is 0 Å². The molecule has 0 aliphatic heterocycles. The van der Waals surface area contributed by atoms with Gasteiger partial charge in [0.15, 0.2) is 0 Å². The molecule has 5 heteroatoms. The predicted octanol–water partition coefficient (Wildman–Crippen LogP) is 2.45. The van der Waals surface area contributed by atoms with Gasteiger partial charge in [-0.3, -0.25) is 0 Å². The van der Waals surface area contributed by atoms with Crippen molar-refractivity contribution in [3.8, 4) is 5.75 Å². The van der Waals surface area contributed by atoms with E-state index in [9.17, 15) is 9.59 Å². The zero-order chi connectivity index (χ0) is 15.8. The third kappa shape index (κ3) is 5.30. The number of rotatable bonds is 6. The van der Waals surface area contributed by atoms with E-state index in [1.807, 2.05) is 13.8 Å².